The second-order valence-corrected chi connectivity index (χ2v) is 5.00. The van der Waals surface area contributed by atoms with E-state index in [9.17, 15) is 4.79 Å². The predicted octanol–water partition coefficient (Wildman–Crippen LogP) is 1.76. The van der Waals surface area contributed by atoms with Crippen LogP contribution in [0.1, 0.15) is 16.1 Å². The van der Waals surface area contributed by atoms with Gasteiger partial charge in [-0.2, -0.15) is 0 Å². The standard InChI is InChI=1S/C13H15N3O3S/c1-9-8-19-13(15-9)20-6-5-18-11-4-2-3-10(7-11)12(17)16-14/h2-4,7-8H,5-6,14H2,1H3,(H,16,17). The number of benzene rings is 1. The number of rotatable bonds is 6. The van der Waals surface area contributed by atoms with E-state index in [1.807, 2.05) is 6.92 Å². The summed E-state index contributed by atoms with van der Waals surface area (Å²) in [7, 11) is 0. The van der Waals surface area contributed by atoms with Gasteiger partial charge in [-0.1, -0.05) is 17.8 Å². The molecule has 0 aliphatic carbocycles. The van der Waals surface area contributed by atoms with Crippen LogP contribution in [-0.2, 0) is 0 Å². The van der Waals surface area contributed by atoms with Crippen molar-refractivity contribution < 1.29 is 13.9 Å². The van der Waals surface area contributed by atoms with Crippen LogP contribution in [0.5, 0.6) is 5.75 Å². The molecule has 0 saturated heterocycles. The normalized spacial score (nSPS) is 10.3. The number of nitrogens with two attached hydrogens (primary N) is 1. The summed E-state index contributed by atoms with van der Waals surface area (Å²) in [4.78, 5) is 15.5. The molecule has 7 heteroatoms. The van der Waals surface area contributed by atoms with Gasteiger partial charge >= 0.3 is 0 Å². The van der Waals surface area contributed by atoms with Crippen molar-refractivity contribution in [1.29, 1.82) is 0 Å². The summed E-state index contributed by atoms with van der Waals surface area (Å²) in [5.74, 6) is 6.06. The molecule has 3 N–H and O–H groups in total. The number of thioether (sulfide) groups is 1. The Morgan fingerprint density at radius 2 is 2.40 bits per heavy atom. The lowest BCUT2D eigenvalue weighted by Gasteiger charge is -2.06. The molecule has 0 atom stereocenters. The molecule has 0 radical (unpaired) electrons. The lowest BCUT2D eigenvalue weighted by molar-refractivity contribution is 0.0953. The third-order valence-electron chi connectivity index (χ3n) is 2.40. The molecule has 20 heavy (non-hydrogen) atoms. The molecule has 1 heterocycles. The first-order valence-corrected chi connectivity index (χ1v) is 6.96. The van der Waals surface area contributed by atoms with E-state index in [2.05, 4.69) is 10.4 Å². The number of hydrogen-bond acceptors (Lipinski definition) is 6. The van der Waals surface area contributed by atoms with Crippen molar-refractivity contribution in [2.45, 2.75) is 12.1 Å². The molecule has 0 fully saturated rings. The van der Waals surface area contributed by atoms with Crippen LogP contribution < -0.4 is 16.0 Å². The molecular formula is C13H15N3O3S. The number of nitrogens with one attached hydrogen (secondary N) is 1. The van der Waals surface area contributed by atoms with E-state index in [0.717, 1.165) is 5.69 Å². The Balaban J connectivity index is 1.80. The van der Waals surface area contributed by atoms with Gasteiger partial charge < -0.3 is 9.15 Å². The minimum absolute atomic E-state index is 0.347. The zero-order valence-corrected chi connectivity index (χ0v) is 11.8. The van der Waals surface area contributed by atoms with Crippen molar-refractivity contribution in [2.75, 3.05) is 12.4 Å². The average molecular weight is 293 g/mol. The maximum absolute atomic E-state index is 11.4. The zero-order chi connectivity index (χ0) is 14.4. The Kier molecular flexibility index (Phi) is 5.03. The largest absolute Gasteiger partial charge is 0.493 e. The second-order valence-electron chi connectivity index (χ2n) is 3.95. The maximum Gasteiger partial charge on any atom is 0.265 e. The van der Waals surface area contributed by atoms with Gasteiger partial charge in [-0.3, -0.25) is 10.2 Å². The highest BCUT2D eigenvalue weighted by atomic mass is 32.2. The minimum atomic E-state index is -0.347. The summed E-state index contributed by atoms with van der Waals surface area (Å²) < 4.78 is 10.8. The first-order valence-electron chi connectivity index (χ1n) is 5.98. The Hall–Kier alpha value is -1.99. The van der Waals surface area contributed by atoms with Crippen LogP contribution in [0, 0.1) is 6.92 Å². The zero-order valence-electron chi connectivity index (χ0n) is 11.0. The molecule has 0 spiro atoms. The SMILES string of the molecule is Cc1coc(SCCOc2cccc(C(=O)NN)c2)n1. The molecule has 0 unspecified atom stereocenters. The van der Waals surface area contributed by atoms with E-state index < -0.39 is 0 Å². The number of oxazole rings is 1. The molecule has 1 aromatic heterocycles. The fraction of sp³-hybridized carbons (Fsp3) is 0.231. The molecule has 106 valence electrons. The number of nitrogen functional groups attached to an aromatic ring is 1. The van der Waals surface area contributed by atoms with E-state index in [1.165, 1.54) is 11.8 Å². The Morgan fingerprint density at radius 3 is 3.10 bits per heavy atom. The third-order valence-corrected chi connectivity index (χ3v) is 3.21. The highest BCUT2D eigenvalue weighted by molar-refractivity contribution is 7.99. The Labute approximate surface area is 120 Å². The summed E-state index contributed by atoms with van der Waals surface area (Å²) in [5.41, 5.74) is 3.40. The van der Waals surface area contributed by atoms with Crippen molar-refractivity contribution in [2.24, 2.45) is 5.84 Å². The topological polar surface area (TPSA) is 90.4 Å². The van der Waals surface area contributed by atoms with Crippen molar-refractivity contribution in [3.05, 3.63) is 41.8 Å². The van der Waals surface area contributed by atoms with Gasteiger partial charge in [0.05, 0.1) is 12.3 Å². The van der Waals surface area contributed by atoms with Crippen LogP contribution in [0.15, 0.2) is 40.2 Å². The Bertz CT molecular complexity index is 586. The molecule has 0 aliphatic heterocycles. The molecule has 0 bridgehead atoms. The molecule has 2 aromatic rings. The van der Waals surface area contributed by atoms with Gasteiger partial charge in [0.15, 0.2) is 0 Å². The lowest BCUT2D eigenvalue weighted by atomic mass is 10.2. The van der Waals surface area contributed by atoms with E-state index in [-0.39, 0.29) is 5.91 Å². The quantitative estimate of drug-likeness (QED) is 0.277. The molecule has 2 rings (SSSR count). The number of nitrogens with zero attached hydrogens (tertiary/aromatic N) is 1. The van der Waals surface area contributed by atoms with Gasteiger partial charge in [0.25, 0.3) is 11.1 Å². The number of ether oxygens (including phenoxy) is 1. The monoisotopic (exact) mass is 293 g/mol. The number of carbonyl (C=O) groups is 1. The number of aromatic nitrogens is 1. The fourth-order valence-corrected chi connectivity index (χ4v) is 2.16. The van der Waals surface area contributed by atoms with Crippen LogP contribution in [0.4, 0.5) is 0 Å². The maximum atomic E-state index is 11.4. The van der Waals surface area contributed by atoms with Crippen LogP contribution >= 0.6 is 11.8 Å². The third kappa shape index (κ3) is 4.01. The highest BCUT2D eigenvalue weighted by Crippen LogP contribution is 2.18. The average Bonchev–Trinajstić information content (AvgIpc) is 2.88. The molecule has 0 saturated carbocycles. The van der Waals surface area contributed by atoms with Crippen molar-refractivity contribution >= 4 is 17.7 Å². The number of aryl methyl sites for hydroxylation is 1. The second kappa shape index (κ2) is 6.97. The van der Waals surface area contributed by atoms with Gasteiger partial charge in [-0.25, -0.2) is 10.8 Å². The van der Waals surface area contributed by atoms with Gasteiger partial charge in [0.1, 0.15) is 12.0 Å². The minimum Gasteiger partial charge on any atom is -0.493 e. The van der Waals surface area contributed by atoms with Crippen molar-refractivity contribution in [1.82, 2.24) is 10.4 Å². The molecule has 0 aliphatic rings. The lowest BCUT2D eigenvalue weighted by Crippen LogP contribution is -2.29. The van der Waals surface area contributed by atoms with Gasteiger partial charge in [0.2, 0.25) is 0 Å². The summed E-state index contributed by atoms with van der Waals surface area (Å²) >= 11 is 1.47. The van der Waals surface area contributed by atoms with Gasteiger partial charge in [-0.15, -0.1) is 0 Å². The molecule has 1 amide bonds. The highest BCUT2D eigenvalue weighted by Gasteiger charge is 2.05. The Morgan fingerprint density at radius 1 is 1.55 bits per heavy atom. The van der Waals surface area contributed by atoms with E-state index in [4.69, 9.17) is 15.0 Å². The first kappa shape index (κ1) is 14.4. The van der Waals surface area contributed by atoms with Gasteiger partial charge in [-0.05, 0) is 25.1 Å². The summed E-state index contributed by atoms with van der Waals surface area (Å²) in [6.45, 7) is 2.36. The van der Waals surface area contributed by atoms with Crippen molar-refractivity contribution in [3.8, 4) is 5.75 Å². The predicted molar refractivity (Wildman–Crippen MR) is 75.6 cm³/mol. The van der Waals surface area contributed by atoms with Crippen LogP contribution in [0.2, 0.25) is 0 Å². The number of hydrogen-bond donors (Lipinski definition) is 2. The summed E-state index contributed by atoms with van der Waals surface area (Å²) in [6, 6.07) is 6.83. The van der Waals surface area contributed by atoms with Crippen LogP contribution in [0.25, 0.3) is 0 Å². The number of hydrazine groups is 1. The van der Waals surface area contributed by atoms with Gasteiger partial charge in [0, 0.05) is 11.3 Å². The number of carbonyl (C=O) groups excluding carboxylic acids is 1. The van der Waals surface area contributed by atoms with Crippen LogP contribution in [0.3, 0.4) is 0 Å². The smallest absolute Gasteiger partial charge is 0.265 e. The van der Waals surface area contributed by atoms with E-state index >= 15 is 0 Å². The van der Waals surface area contributed by atoms with E-state index in [0.29, 0.717) is 28.9 Å². The number of amides is 1. The van der Waals surface area contributed by atoms with E-state index in [1.54, 1.807) is 30.5 Å². The fourth-order valence-electron chi connectivity index (χ4n) is 1.50. The molecular weight excluding hydrogens is 278 g/mol. The summed E-state index contributed by atoms with van der Waals surface area (Å²) in [6.07, 6.45) is 1.61. The summed E-state index contributed by atoms with van der Waals surface area (Å²) in [5, 5.41) is 0.627. The van der Waals surface area contributed by atoms with Crippen molar-refractivity contribution in [3.63, 3.8) is 0 Å². The first-order chi connectivity index (χ1) is 9.69. The van der Waals surface area contributed by atoms with Crippen LogP contribution in [-0.4, -0.2) is 23.3 Å². The molecule has 1 aromatic carbocycles. The molecule has 6 nitrogen and oxygen atoms in total.